The van der Waals surface area contributed by atoms with E-state index in [1.54, 1.807) is 0 Å². The van der Waals surface area contributed by atoms with Crippen LogP contribution in [-0.2, 0) is 0 Å². The van der Waals surface area contributed by atoms with Crippen molar-refractivity contribution >= 4 is 11.4 Å². The number of rotatable bonds is 0. The molecule has 0 aliphatic heterocycles. The largest absolute Gasteiger partial charge is 0.792 e. The van der Waals surface area contributed by atoms with Gasteiger partial charge in [-0.25, -0.2) is 0 Å². The van der Waals surface area contributed by atoms with Gasteiger partial charge in [0, 0.05) is 11.4 Å². The highest BCUT2D eigenvalue weighted by Crippen LogP contribution is 2.12. The Labute approximate surface area is 58.8 Å². The van der Waals surface area contributed by atoms with Crippen LogP contribution < -0.4 is 0 Å². The predicted molar refractivity (Wildman–Crippen MR) is 40.1 cm³/mol. The standard InChI is InChI=1S/C6H10N2O2/c9-7-5-3-1-2-4-6(5)8-10/h9-10H,1-4H2/p-2/b7-5+,8-6+. The second-order valence-electron chi connectivity index (χ2n) is 2.28. The monoisotopic (exact) mass is 140 g/mol. The van der Waals surface area contributed by atoms with Gasteiger partial charge in [0.15, 0.2) is 0 Å². The van der Waals surface area contributed by atoms with Crippen LogP contribution in [0.2, 0.25) is 0 Å². The van der Waals surface area contributed by atoms with Crippen molar-refractivity contribution in [1.29, 1.82) is 0 Å². The average Bonchev–Trinajstić information content (AvgIpc) is 2.04. The van der Waals surface area contributed by atoms with Crippen molar-refractivity contribution in [2.75, 3.05) is 0 Å². The van der Waals surface area contributed by atoms with Gasteiger partial charge in [-0.15, -0.1) is 0 Å². The maximum Gasteiger partial charge on any atom is 0.0499 e. The predicted octanol–water partition coefficient (Wildman–Crippen LogP) is 1.44. The minimum absolute atomic E-state index is 0.348. The van der Waals surface area contributed by atoms with E-state index in [0.717, 1.165) is 12.8 Å². The lowest BCUT2D eigenvalue weighted by Gasteiger charge is -2.17. The Hall–Kier alpha value is -1.06. The molecule has 1 rings (SSSR count). The third-order valence-corrected chi connectivity index (χ3v) is 1.63. The summed E-state index contributed by atoms with van der Waals surface area (Å²) in [6.07, 6.45) is 3.12. The molecule has 10 heavy (non-hydrogen) atoms. The van der Waals surface area contributed by atoms with E-state index in [9.17, 15) is 10.4 Å². The average molecular weight is 140 g/mol. The molecule has 0 unspecified atom stereocenters. The molecule has 0 amide bonds. The molecule has 0 aromatic carbocycles. The van der Waals surface area contributed by atoms with Crippen molar-refractivity contribution in [3.8, 4) is 0 Å². The van der Waals surface area contributed by atoms with Crippen molar-refractivity contribution < 1.29 is 0 Å². The van der Waals surface area contributed by atoms with Gasteiger partial charge >= 0.3 is 0 Å². The minimum atomic E-state index is 0.348. The molecule has 0 bridgehead atoms. The zero-order chi connectivity index (χ0) is 7.40. The van der Waals surface area contributed by atoms with Crippen LogP contribution in [-0.4, -0.2) is 11.4 Å². The quantitative estimate of drug-likeness (QED) is 0.477. The van der Waals surface area contributed by atoms with Crippen LogP contribution in [0.15, 0.2) is 10.3 Å². The Kier molecular flexibility index (Phi) is 2.25. The highest BCUT2D eigenvalue weighted by atomic mass is 16.4. The van der Waals surface area contributed by atoms with Crippen LogP contribution in [0, 0.1) is 10.4 Å². The number of hydrogen-bond donors (Lipinski definition) is 0. The summed E-state index contributed by atoms with van der Waals surface area (Å²) in [5.41, 5.74) is 0.697. The first-order valence-corrected chi connectivity index (χ1v) is 3.27. The topological polar surface area (TPSA) is 70.8 Å². The maximum absolute atomic E-state index is 10.0. The molecule has 1 saturated carbocycles. The fourth-order valence-corrected chi connectivity index (χ4v) is 1.07. The van der Waals surface area contributed by atoms with E-state index in [4.69, 9.17) is 0 Å². The van der Waals surface area contributed by atoms with Crippen LogP contribution >= 0.6 is 0 Å². The fraction of sp³-hybridized carbons (Fsp3) is 0.667. The lowest BCUT2D eigenvalue weighted by atomic mass is 9.97. The Morgan fingerprint density at radius 3 is 1.60 bits per heavy atom. The highest BCUT2D eigenvalue weighted by Gasteiger charge is 2.10. The molecular formula is C6H8N2O2-2. The van der Waals surface area contributed by atoms with Crippen LogP contribution in [0.5, 0.6) is 0 Å². The molecule has 0 heterocycles. The van der Waals surface area contributed by atoms with Gasteiger partial charge in [-0.1, -0.05) is 0 Å². The lowest BCUT2D eigenvalue weighted by Crippen LogP contribution is -2.18. The summed E-state index contributed by atoms with van der Waals surface area (Å²) in [7, 11) is 0. The van der Waals surface area contributed by atoms with Crippen molar-refractivity contribution in [2.45, 2.75) is 25.7 Å². The zero-order valence-electron chi connectivity index (χ0n) is 5.54. The summed E-state index contributed by atoms with van der Waals surface area (Å²) in [6.45, 7) is 0. The van der Waals surface area contributed by atoms with Gasteiger partial charge in [0.25, 0.3) is 0 Å². The van der Waals surface area contributed by atoms with E-state index in [-0.39, 0.29) is 0 Å². The zero-order valence-corrected chi connectivity index (χ0v) is 5.54. The Bertz CT molecular complexity index is 155. The first-order valence-electron chi connectivity index (χ1n) is 3.27. The van der Waals surface area contributed by atoms with Gasteiger partial charge in [-0.3, -0.25) is 0 Å². The molecule has 0 aromatic heterocycles. The summed E-state index contributed by atoms with van der Waals surface area (Å²) >= 11 is 0. The SMILES string of the molecule is [O-]/N=C1\CCCC\C1=N/[O-]. The summed E-state index contributed by atoms with van der Waals surface area (Å²) in [4.78, 5) is 0. The van der Waals surface area contributed by atoms with Crippen LogP contribution in [0.4, 0.5) is 0 Å². The molecule has 0 atom stereocenters. The van der Waals surface area contributed by atoms with Gasteiger partial charge in [0.05, 0.1) is 0 Å². The molecule has 4 heteroatoms. The fourth-order valence-electron chi connectivity index (χ4n) is 1.07. The molecule has 0 radical (unpaired) electrons. The Morgan fingerprint density at radius 2 is 1.30 bits per heavy atom. The molecule has 0 aromatic rings. The smallest absolute Gasteiger partial charge is 0.0499 e. The molecule has 1 aliphatic carbocycles. The number of hydrogen-bond acceptors (Lipinski definition) is 4. The minimum Gasteiger partial charge on any atom is -0.792 e. The Morgan fingerprint density at radius 1 is 0.900 bits per heavy atom. The maximum atomic E-state index is 10.0. The summed E-state index contributed by atoms with van der Waals surface area (Å²) in [5.74, 6) is 0. The Balaban J connectivity index is 2.69. The second-order valence-corrected chi connectivity index (χ2v) is 2.28. The molecule has 0 saturated heterocycles. The van der Waals surface area contributed by atoms with Crippen molar-refractivity contribution in [3.05, 3.63) is 10.4 Å². The van der Waals surface area contributed by atoms with E-state index in [1.807, 2.05) is 0 Å². The van der Waals surface area contributed by atoms with Crippen LogP contribution in [0.1, 0.15) is 25.7 Å². The van der Waals surface area contributed by atoms with Crippen molar-refractivity contribution in [3.63, 3.8) is 0 Å². The molecule has 1 aliphatic rings. The van der Waals surface area contributed by atoms with Gasteiger partial charge in [-0.05, 0) is 25.7 Å². The van der Waals surface area contributed by atoms with Gasteiger partial charge < -0.3 is 20.7 Å². The third kappa shape index (κ3) is 1.26. The summed E-state index contributed by atoms with van der Waals surface area (Å²) < 4.78 is 0. The first kappa shape index (κ1) is 7.05. The molecule has 0 spiro atoms. The normalized spacial score (nSPS) is 27.6. The molecule has 0 N–H and O–H groups in total. The van der Waals surface area contributed by atoms with Crippen LogP contribution in [0.3, 0.4) is 0 Å². The van der Waals surface area contributed by atoms with Crippen LogP contribution in [0.25, 0.3) is 0 Å². The van der Waals surface area contributed by atoms with E-state index in [2.05, 4.69) is 10.3 Å². The summed E-state index contributed by atoms with van der Waals surface area (Å²) in [6, 6.07) is 0. The van der Waals surface area contributed by atoms with Gasteiger partial charge in [0.1, 0.15) is 0 Å². The third-order valence-electron chi connectivity index (χ3n) is 1.63. The lowest BCUT2D eigenvalue weighted by molar-refractivity contribution is 0.776. The molecule has 56 valence electrons. The molecular weight excluding hydrogens is 132 g/mol. The van der Waals surface area contributed by atoms with Gasteiger partial charge in [-0.2, -0.15) is 0 Å². The van der Waals surface area contributed by atoms with E-state index in [1.165, 1.54) is 0 Å². The summed E-state index contributed by atoms with van der Waals surface area (Å²) in [5, 5.41) is 25.5. The van der Waals surface area contributed by atoms with E-state index < -0.39 is 0 Å². The second kappa shape index (κ2) is 3.20. The van der Waals surface area contributed by atoms with Crippen molar-refractivity contribution in [2.24, 2.45) is 10.3 Å². The van der Waals surface area contributed by atoms with E-state index in [0.29, 0.717) is 24.3 Å². The first-order chi connectivity index (χ1) is 4.88. The number of nitrogens with zero attached hydrogens (tertiary/aromatic N) is 2. The highest BCUT2D eigenvalue weighted by molar-refractivity contribution is 6.42. The molecule has 1 fully saturated rings. The molecule has 4 nitrogen and oxygen atoms in total. The van der Waals surface area contributed by atoms with E-state index >= 15 is 0 Å². The van der Waals surface area contributed by atoms with Crippen molar-refractivity contribution in [1.82, 2.24) is 0 Å². The van der Waals surface area contributed by atoms with Gasteiger partial charge in [0.2, 0.25) is 0 Å².